The lowest BCUT2D eigenvalue weighted by Gasteiger charge is -2.21. The molecule has 2 aromatic carbocycles. The van der Waals surface area contributed by atoms with E-state index < -0.39 is 0 Å². The second-order valence-electron chi connectivity index (χ2n) is 5.59. The van der Waals surface area contributed by atoms with Gasteiger partial charge in [-0.25, -0.2) is 0 Å². The summed E-state index contributed by atoms with van der Waals surface area (Å²) in [5.41, 5.74) is 3.35. The van der Waals surface area contributed by atoms with E-state index in [1.54, 1.807) is 24.3 Å². The van der Waals surface area contributed by atoms with Gasteiger partial charge in [-0.3, -0.25) is 9.59 Å². The predicted octanol–water partition coefficient (Wildman–Crippen LogP) is 3.52. The molecule has 0 fully saturated rings. The quantitative estimate of drug-likeness (QED) is 0.678. The van der Waals surface area contributed by atoms with E-state index in [1.165, 1.54) is 10.9 Å². The third-order valence-electron chi connectivity index (χ3n) is 3.99. The smallest absolute Gasteiger partial charge is 0.194 e. The number of rotatable bonds is 2. The molecule has 106 valence electrons. The zero-order valence-electron chi connectivity index (χ0n) is 12.4. The van der Waals surface area contributed by atoms with Gasteiger partial charge < -0.3 is 0 Å². The van der Waals surface area contributed by atoms with E-state index in [9.17, 15) is 9.59 Å². The number of ketones is 2. The fourth-order valence-electron chi connectivity index (χ4n) is 2.86. The summed E-state index contributed by atoms with van der Waals surface area (Å²) in [4.78, 5) is 25.3. The summed E-state index contributed by atoms with van der Waals surface area (Å²) < 4.78 is 0. The van der Waals surface area contributed by atoms with Gasteiger partial charge >= 0.3 is 0 Å². The van der Waals surface area contributed by atoms with E-state index in [0.29, 0.717) is 36.8 Å². The first-order valence-electron chi connectivity index (χ1n) is 7.08. The highest BCUT2D eigenvalue weighted by atomic mass is 31.1. The lowest BCUT2D eigenvalue weighted by molar-refractivity contribution is 0.0979. The van der Waals surface area contributed by atoms with Gasteiger partial charge in [0, 0.05) is 22.3 Å². The number of hydrogen-bond acceptors (Lipinski definition) is 2. The molecule has 0 heterocycles. The highest BCUT2D eigenvalue weighted by molar-refractivity contribution is 7.46. The topological polar surface area (TPSA) is 34.1 Å². The average molecular weight is 296 g/mol. The number of hydrogen-bond donors (Lipinski definition) is 0. The second kappa shape index (κ2) is 5.20. The van der Waals surface area contributed by atoms with E-state index in [-0.39, 0.29) is 11.6 Å². The molecular weight excluding hydrogens is 279 g/mol. The van der Waals surface area contributed by atoms with Gasteiger partial charge in [-0.15, -0.1) is 0 Å². The largest absolute Gasteiger partial charge is 0.289 e. The minimum atomic E-state index is -0.0342. The summed E-state index contributed by atoms with van der Waals surface area (Å²) in [6.07, 6.45) is 0. The molecule has 3 rings (SSSR count). The summed E-state index contributed by atoms with van der Waals surface area (Å²) in [5, 5.41) is 1.18. The Morgan fingerprint density at radius 1 is 0.857 bits per heavy atom. The summed E-state index contributed by atoms with van der Waals surface area (Å²) >= 11 is 0. The van der Waals surface area contributed by atoms with Crippen molar-refractivity contribution in [3.8, 4) is 0 Å². The lowest BCUT2D eigenvalue weighted by Crippen LogP contribution is -2.24. The van der Waals surface area contributed by atoms with Gasteiger partial charge in [0.25, 0.3) is 0 Å². The molecule has 1 aliphatic rings. The molecule has 0 bridgehead atoms. The molecular formula is C18H17O2P. The standard InChI is InChI=1S/C18H17O2P/c1-10(2)13-8-14-15(9-16(13)21-3)18(20)12-7-5-4-6-11(12)17(14)19/h4-10,21H,1-3H3. The van der Waals surface area contributed by atoms with Crippen LogP contribution in [0, 0.1) is 0 Å². The van der Waals surface area contributed by atoms with Crippen LogP contribution in [-0.2, 0) is 0 Å². The van der Waals surface area contributed by atoms with Crippen LogP contribution in [0.4, 0.5) is 0 Å². The zero-order chi connectivity index (χ0) is 15.1. The molecule has 0 amide bonds. The Morgan fingerprint density at radius 3 is 1.86 bits per heavy atom. The van der Waals surface area contributed by atoms with E-state index in [1.807, 2.05) is 12.1 Å². The lowest BCUT2D eigenvalue weighted by atomic mass is 9.82. The van der Waals surface area contributed by atoms with Crippen LogP contribution in [0.3, 0.4) is 0 Å². The van der Waals surface area contributed by atoms with Crippen LogP contribution >= 0.6 is 8.58 Å². The van der Waals surface area contributed by atoms with Crippen molar-refractivity contribution >= 4 is 25.5 Å². The van der Waals surface area contributed by atoms with Gasteiger partial charge in [-0.05, 0) is 35.6 Å². The Kier molecular flexibility index (Phi) is 3.51. The van der Waals surface area contributed by atoms with Crippen LogP contribution in [0.15, 0.2) is 36.4 Å². The molecule has 3 heteroatoms. The average Bonchev–Trinajstić information content (AvgIpc) is 2.51. The molecule has 2 nitrogen and oxygen atoms in total. The Hall–Kier alpha value is -1.79. The van der Waals surface area contributed by atoms with Gasteiger partial charge in [-0.1, -0.05) is 46.7 Å². The first kappa shape index (κ1) is 14.2. The molecule has 0 N–H and O–H groups in total. The van der Waals surface area contributed by atoms with Gasteiger partial charge in [-0.2, -0.15) is 0 Å². The number of fused-ring (bicyclic) bond motifs is 2. The molecule has 0 saturated carbocycles. The maximum Gasteiger partial charge on any atom is 0.194 e. The summed E-state index contributed by atoms with van der Waals surface area (Å²) in [6.45, 7) is 6.35. The summed E-state index contributed by atoms with van der Waals surface area (Å²) in [5.74, 6) is 0.279. The van der Waals surface area contributed by atoms with Crippen LogP contribution in [0.2, 0.25) is 0 Å². The van der Waals surface area contributed by atoms with Gasteiger partial charge in [0.15, 0.2) is 11.6 Å². The highest BCUT2D eigenvalue weighted by Crippen LogP contribution is 2.30. The molecule has 2 aromatic rings. The van der Waals surface area contributed by atoms with Crippen molar-refractivity contribution in [3.63, 3.8) is 0 Å². The molecule has 0 saturated heterocycles. The summed E-state index contributed by atoms with van der Waals surface area (Å²) in [7, 11) is 0.614. The van der Waals surface area contributed by atoms with Gasteiger partial charge in [0.2, 0.25) is 0 Å². The maximum atomic E-state index is 12.7. The number of carbonyl (C=O) groups is 2. The van der Waals surface area contributed by atoms with Gasteiger partial charge in [0.05, 0.1) is 0 Å². The Bertz CT molecular complexity index is 760. The summed E-state index contributed by atoms with van der Waals surface area (Å²) in [6, 6.07) is 11.0. The first-order valence-corrected chi connectivity index (χ1v) is 8.58. The molecule has 0 spiro atoms. The molecule has 1 aliphatic carbocycles. The number of benzene rings is 2. The Balaban J connectivity index is 2.28. The second-order valence-corrected chi connectivity index (χ2v) is 6.63. The van der Waals surface area contributed by atoms with Crippen molar-refractivity contribution < 1.29 is 9.59 Å². The van der Waals surface area contributed by atoms with Crippen molar-refractivity contribution in [1.29, 1.82) is 0 Å². The van der Waals surface area contributed by atoms with Crippen LogP contribution < -0.4 is 5.30 Å². The third kappa shape index (κ3) is 2.15. The van der Waals surface area contributed by atoms with Crippen LogP contribution in [0.1, 0.15) is 57.2 Å². The predicted molar refractivity (Wildman–Crippen MR) is 87.7 cm³/mol. The number of carbonyl (C=O) groups excluding carboxylic acids is 2. The van der Waals surface area contributed by atoms with Crippen molar-refractivity contribution in [2.45, 2.75) is 19.8 Å². The fourth-order valence-corrected chi connectivity index (χ4v) is 3.79. The molecule has 1 atom stereocenters. The maximum absolute atomic E-state index is 12.7. The van der Waals surface area contributed by atoms with Gasteiger partial charge in [0.1, 0.15) is 0 Å². The Labute approximate surface area is 126 Å². The normalized spacial score (nSPS) is 13.9. The monoisotopic (exact) mass is 296 g/mol. The molecule has 0 aromatic heterocycles. The minimum Gasteiger partial charge on any atom is -0.289 e. The van der Waals surface area contributed by atoms with Crippen LogP contribution in [-0.4, -0.2) is 18.2 Å². The zero-order valence-corrected chi connectivity index (χ0v) is 13.4. The SMILES string of the molecule is CPc1cc2c(cc1C(C)C)C(=O)c1ccccc1C2=O. The molecule has 1 unspecified atom stereocenters. The van der Waals surface area contributed by atoms with E-state index in [4.69, 9.17) is 0 Å². The van der Waals surface area contributed by atoms with Crippen molar-refractivity contribution in [3.05, 3.63) is 64.2 Å². The minimum absolute atomic E-state index is 0.0324. The van der Waals surface area contributed by atoms with E-state index >= 15 is 0 Å². The fraction of sp³-hybridized carbons (Fsp3) is 0.222. The van der Waals surface area contributed by atoms with Crippen LogP contribution in [0.5, 0.6) is 0 Å². The molecule has 0 aliphatic heterocycles. The third-order valence-corrected chi connectivity index (χ3v) is 4.96. The van der Waals surface area contributed by atoms with Crippen molar-refractivity contribution in [2.75, 3.05) is 6.66 Å². The first-order chi connectivity index (χ1) is 10.0. The molecule has 0 radical (unpaired) electrons. The van der Waals surface area contributed by atoms with E-state index in [2.05, 4.69) is 20.5 Å². The van der Waals surface area contributed by atoms with E-state index in [0.717, 1.165) is 0 Å². The van der Waals surface area contributed by atoms with Crippen molar-refractivity contribution in [2.24, 2.45) is 0 Å². The van der Waals surface area contributed by atoms with Crippen LogP contribution in [0.25, 0.3) is 0 Å². The highest BCUT2D eigenvalue weighted by Gasteiger charge is 2.30. The molecule has 21 heavy (non-hydrogen) atoms. The Morgan fingerprint density at radius 2 is 1.38 bits per heavy atom. The van der Waals surface area contributed by atoms with Crippen molar-refractivity contribution in [1.82, 2.24) is 0 Å².